The van der Waals surface area contributed by atoms with Crippen LogP contribution in [0.3, 0.4) is 0 Å². The molecule has 0 aliphatic carbocycles. The van der Waals surface area contributed by atoms with E-state index in [1.54, 1.807) is 24.3 Å². The van der Waals surface area contributed by atoms with Gasteiger partial charge in [-0.05, 0) is 24.3 Å². The quantitative estimate of drug-likeness (QED) is 0.520. The van der Waals surface area contributed by atoms with E-state index >= 15 is 0 Å². The largest absolute Gasteiger partial charge is 0.491 e. The molecule has 0 amide bonds. The van der Waals surface area contributed by atoms with E-state index in [9.17, 15) is 5.11 Å². The third kappa shape index (κ3) is 7.38. The van der Waals surface area contributed by atoms with Crippen molar-refractivity contribution < 1.29 is 19.1 Å². The first-order valence-electron chi connectivity index (χ1n) is 9.25. The number of aromatic nitrogens is 2. The second-order valence-corrected chi connectivity index (χ2v) is 6.67. The summed E-state index contributed by atoms with van der Waals surface area (Å²) in [5, 5.41) is 17.0. The monoisotopic (exact) mass is 419 g/mol. The van der Waals surface area contributed by atoms with Crippen molar-refractivity contribution in [2.45, 2.75) is 32.6 Å². The minimum Gasteiger partial charge on any atom is -0.491 e. The van der Waals surface area contributed by atoms with E-state index in [0.717, 1.165) is 5.56 Å². The van der Waals surface area contributed by atoms with Crippen LogP contribution in [0.1, 0.15) is 19.7 Å². The molecule has 2 aromatic carbocycles. The maximum Gasteiger partial charge on any atom is 0.264 e. The first-order chi connectivity index (χ1) is 13.6. The van der Waals surface area contributed by atoms with Crippen molar-refractivity contribution in [3.8, 4) is 22.9 Å². The molecule has 0 spiro atoms. The Morgan fingerprint density at radius 1 is 1.00 bits per heavy atom. The van der Waals surface area contributed by atoms with Crippen LogP contribution < -0.4 is 14.8 Å². The fourth-order valence-electron chi connectivity index (χ4n) is 2.42. The van der Waals surface area contributed by atoms with Crippen LogP contribution in [0.4, 0.5) is 0 Å². The second kappa shape index (κ2) is 11.4. The summed E-state index contributed by atoms with van der Waals surface area (Å²) >= 11 is 0. The van der Waals surface area contributed by atoms with Gasteiger partial charge >= 0.3 is 0 Å². The number of hydrogen-bond acceptors (Lipinski definition) is 7. The zero-order valence-electron chi connectivity index (χ0n) is 16.4. The molecule has 0 bridgehead atoms. The number of benzene rings is 2. The van der Waals surface area contributed by atoms with Crippen molar-refractivity contribution in [2.24, 2.45) is 0 Å². The summed E-state index contributed by atoms with van der Waals surface area (Å²) < 4.78 is 16.5. The molecule has 3 aromatic rings. The number of rotatable bonds is 10. The molecule has 0 saturated carbocycles. The topological polar surface area (TPSA) is 89.6 Å². The van der Waals surface area contributed by atoms with Crippen LogP contribution in [0.5, 0.6) is 11.5 Å². The van der Waals surface area contributed by atoms with Crippen LogP contribution in [0.25, 0.3) is 11.4 Å². The van der Waals surface area contributed by atoms with E-state index in [1.165, 1.54) is 0 Å². The van der Waals surface area contributed by atoms with Crippen molar-refractivity contribution in [2.75, 3.05) is 13.2 Å². The minimum absolute atomic E-state index is 0. The first kappa shape index (κ1) is 22.7. The van der Waals surface area contributed by atoms with Crippen LogP contribution in [0.2, 0.25) is 0 Å². The lowest BCUT2D eigenvalue weighted by Crippen LogP contribution is -2.35. The fraction of sp³-hybridized carbons (Fsp3) is 0.333. The van der Waals surface area contributed by atoms with Gasteiger partial charge in [-0.3, -0.25) is 0 Å². The van der Waals surface area contributed by atoms with Crippen LogP contribution in [0.15, 0.2) is 59.1 Å². The zero-order valence-corrected chi connectivity index (χ0v) is 17.3. The van der Waals surface area contributed by atoms with E-state index in [-0.39, 0.29) is 25.6 Å². The highest BCUT2D eigenvalue weighted by molar-refractivity contribution is 5.85. The number of nitrogens with zero attached hydrogens (tertiary/aromatic N) is 2. The lowest BCUT2D eigenvalue weighted by Gasteiger charge is -2.15. The summed E-state index contributed by atoms with van der Waals surface area (Å²) in [5.41, 5.74) is 0.893. The molecule has 1 atom stereocenters. The Kier molecular flexibility index (Phi) is 8.92. The summed E-state index contributed by atoms with van der Waals surface area (Å²) in [6.07, 6.45) is -0.560. The molecule has 0 radical (unpaired) electrons. The molecule has 1 heterocycles. The van der Waals surface area contributed by atoms with Crippen LogP contribution >= 0.6 is 12.4 Å². The lowest BCUT2D eigenvalue weighted by molar-refractivity contribution is 0.104. The Hall–Kier alpha value is -2.61. The van der Waals surface area contributed by atoms with Gasteiger partial charge in [0.1, 0.15) is 24.2 Å². The van der Waals surface area contributed by atoms with E-state index in [1.807, 2.05) is 44.2 Å². The van der Waals surface area contributed by atoms with Gasteiger partial charge in [-0.15, -0.1) is 12.4 Å². The summed E-state index contributed by atoms with van der Waals surface area (Å²) in [6, 6.07) is 17.1. The average Bonchev–Trinajstić information content (AvgIpc) is 3.20. The fourth-order valence-corrected chi connectivity index (χ4v) is 2.42. The molecule has 8 heteroatoms. The summed E-state index contributed by atoms with van der Waals surface area (Å²) in [5.74, 6) is 2.27. The van der Waals surface area contributed by atoms with E-state index in [4.69, 9.17) is 14.0 Å². The average molecular weight is 420 g/mol. The Balaban J connectivity index is 0.00000300. The third-order valence-electron chi connectivity index (χ3n) is 3.89. The highest BCUT2D eigenvalue weighted by atomic mass is 35.5. The van der Waals surface area contributed by atoms with Gasteiger partial charge in [0.15, 0.2) is 6.61 Å². The van der Waals surface area contributed by atoms with E-state index < -0.39 is 6.10 Å². The first-order valence-corrected chi connectivity index (χ1v) is 9.25. The van der Waals surface area contributed by atoms with Crippen molar-refractivity contribution >= 4 is 12.4 Å². The lowest BCUT2D eigenvalue weighted by atomic mass is 10.2. The predicted molar refractivity (Wildman–Crippen MR) is 112 cm³/mol. The Labute approximate surface area is 176 Å². The van der Waals surface area contributed by atoms with Crippen LogP contribution in [-0.2, 0) is 6.61 Å². The van der Waals surface area contributed by atoms with Gasteiger partial charge in [-0.25, -0.2) is 0 Å². The van der Waals surface area contributed by atoms with Gasteiger partial charge in [0.05, 0.1) is 0 Å². The van der Waals surface area contributed by atoms with Crippen molar-refractivity contribution in [3.63, 3.8) is 0 Å². The van der Waals surface area contributed by atoms with Crippen LogP contribution in [-0.4, -0.2) is 40.5 Å². The number of hydrogen-bond donors (Lipinski definition) is 2. The van der Waals surface area contributed by atoms with E-state index in [2.05, 4.69) is 15.5 Å². The molecule has 0 saturated heterocycles. The minimum atomic E-state index is -0.560. The smallest absolute Gasteiger partial charge is 0.264 e. The summed E-state index contributed by atoms with van der Waals surface area (Å²) in [6.45, 7) is 4.96. The molecule has 1 aromatic heterocycles. The molecule has 2 N–H and O–H groups in total. The van der Waals surface area contributed by atoms with Gasteiger partial charge < -0.3 is 24.4 Å². The number of ether oxygens (including phenoxy) is 2. The summed E-state index contributed by atoms with van der Waals surface area (Å²) in [7, 11) is 0. The zero-order chi connectivity index (χ0) is 19.8. The van der Waals surface area contributed by atoms with Crippen LogP contribution in [0, 0.1) is 0 Å². The SMILES string of the molecule is CC(C)NCC(O)COc1ccc(OCc2nc(-c3ccccc3)no2)cc1.Cl. The van der Waals surface area contributed by atoms with Gasteiger partial charge in [0, 0.05) is 18.2 Å². The molecule has 0 aliphatic rings. The van der Waals surface area contributed by atoms with Gasteiger partial charge in [-0.1, -0.05) is 49.3 Å². The standard InChI is InChI=1S/C21H25N3O4.ClH/c1-15(2)22-12-17(25)13-26-18-8-10-19(11-9-18)27-14-20-23-21(24-28-20)16-6-4-3-5-7-16;/h3-11,15,17,22,25H,12-14H2,1-2H3;1H. The molecular weight excluding hydrogens is 394 g/mol. The molecule has 0 aliphatic heterocycles. The third-order valence-corrected chi connectivity index (χ3v) is 3.89. The molecule has 29 heavy (non-hydrogen) atoms. The molecule has 156 valence electrons. The maximum absolute atomic E-state index is 9.87. The van der Waals surface area contributed by atoms with Gasteiger partial charge in [0.2, 0.25) is 5.82 Å². The van der Waals surface area contributed by atoms with Gasteiger partial charge in [0.25, 0.3) is 5.89 Å². The predicted octanol–water partition coefficient (Wildman–Crippen LogP) is 3.48. The number of nitrogens with one attached hydrogen (secondary N) is 1. The molecular formula is C21H26ClN3O4. The molecule has 3 rings (SSSR count). The molecule has 1 unspecified atom stereocenters. The Morgan fingerprint density at radius 3 is 2.31 bits per heavy atom. The normalized spacial score (nSPS) is 11.7. The van der Waals surface area contributed by atoms with Crippen molar-refractivity contribution in [1.82, 2.24) is 15.5 Å². The highest BCUT2D eigenvalue weighted by Gasteiger charge is 2.09. The number of halogens is 1. The van der Waals surface area contributed by atoms with Crippen molar-refractivity contribution in [3.05, 3.63) is 60.5 Å². The molecule has 7 nitrogen and oxygen atoms in total. The molecule has 0 fully saturated rings. The Bertz CT molecular complexity index is 841. The second-order valence-electron chi connectivity index (χ2n) is 6.67. The van der Waals surface area contributed by atoms with Crippen molar-refractivity contribution in [1.29, 1.82) is 0 Å². The Morgan fingerprint density at radius 2 is 1.66 bits per heavy atom. The summed E-state index contributed by atoms with van der Waals surface area (Å²) in [4.78, 5) is 4.33. The number of aliphatic hydroxyl groups is 1. The highest BCUT2D eigenvalue weighted by Crippen LogP contribution is 2.20. The van der Waals surface area contributed by atoms with Gasteiger partial charge in [-0.2, -0.15) is 4.98 Å². The number of aliphatic hydroxyl groups excluding tert-OH is 1. The maximum atomic E-state index is 9.87. The van der Waals surface area contributed by atoms with E-state index in [0.29, 0.717) is 35.8 Å².